The van der Waals surface area contributed by atoms with Crippen LogP contribution in [0.3, 0.4) is 0 Å². The van der Waals surface area contributed by atoms with Crippen LogP contribution in [0.1, 0.15) is 20.3 Å². The Bertz CT molecular complexity index is 543. The molecule has 0 fully saturated rings. The molecular weight excluding hydrogens is 270 g/mol. The molecule has 0 unspecified atom stereocenters. The number of nitrogens with zero attached hydrogens (tertiary/aromatic N) is 6. The molecule has 0 aromatic carbocycles. The third-order valence-electron chi connectivity index (χ3n) is 2.89. The van der Waals surface area contributed by atoms with Gasteiger partial charge in [0.2, 0.25) is 11.9 Å². The maximum Gasteiger partial charge on any atom is 0.257 e. The van der Waals surface area contributed by atoms with Crippen molar-refractivity contribution >= 4 is 11.9 Å². The lowest BCUT2D eigenvalue weighted by Crippen LogP contribution is -2.29. The van der Waals surface area contributed by atoms with Crippen molar-refractivity contribution in [3.8, 4) is 5.95 Å². The van der Waals surface area contributed by atoms with Crippen LogP contribution in [0.4, 0.5) is 11.9 Å². The number of aliphatic hydroxyl groups is 1. The van der Waals surface area contributed by atoms with Gasteiger partial charge in [0.1, 0.15) is 0 Å². The Morgan fingerprint density at radius 2 is 2.14 bits per heavy atom. The summed E-state index contributed by atoms with van der Waals surface area (Å²) < 4.78 is 1.59. The fourth-order valence-electron chi connectivity index (χ4n) is 1.82. The number of likely N-dealkylation sites (N-methyl/N-ethyl adjacent to an activating group) is 1. The van der Waals surface area contributed by atoms with E-state index in [9.17, 15) is 0 Å². The molecule has 2 rings (SSSR count). The van der Waals surface area contributed by atoms with E-state index >= 15 is 0 Å². The van der Waals surface area contributed by atoms with E-state index in [0.717, 1.165) is 13.0 Å². The first-order valence-corrected chi connectivity index (χ1v) is 7.14. The maximum absolute atomic E-state index is 9.15. The average Bonchev–Trinajstić information content (AvgIpc) is 3.04. The molecule has 8 nitrogen and oxygen atoms in total. The van der Waals surface area contributed by atoms with Crippen LogP contribution in [-0.2, 0) is 0 Å². The molecule has 2 heterocycles. The summed E-state index contributed by atoms with van der Waals surface area (Å²) in [4.78, 5) is 15.1. The summed E-state index contributed by atoms with van der Waals surface area (Å²) in [7, 11) is 0. The number of aromatic nitrogens is 5. The number of nitrogens with one attached hydrogen (secondary N) is 1. The van der Waals surface area contributed by atoms with Gasteiger partial charge in [0.05, 0.1) is 6.61 Å². The topological polar surface area (TPSA) is 92.0 Å². The highest BCUT2D eigenvalue weighted by Crippen LogP contribution is 2.12. The molecule has 0 bridgehead atoms. The maximum atomic E-state index is 9.15. The molecule has 0 saturated carbocycles. The largest absolute Gasteiger partial charge is 0.395 e. The highest BCUT2D eigenvalue weighted by molar-refractivity contribution is 5.39. The number of aliphatic hydroxyl groups excluding tert-OH is 1. The van der Waals surface area contributed by atoms with Crippen LogP contribution in [0.25, 0.3) is 5.95 Å². The third-order valence-corrected chi connectivity index (χ3v) is 2.89. The minimum Gasteiger partial charge on any atom is -0.395 e. The fourth-order valence-corrected chi connectivity index (χ4v) is 1.82. The van der Waals surface area contributed by atoms with Crippen LogP contribution in [0, 0.1) is 0 Å². The van der Waals surface area contributed by atoms with Crippen LogP contribution in [0.15, 0.2) is 18.5 Å². The zero-order valence-corrected chi connectivity index (χ0v) is 12.4. The molecule has 21 heavy (non-hydrogen) atoms. The van der Waals surface area contributed by atoms with Gasteiger partial charge in [-0.05, 0) is 19.4 Å². The van der Waals surface area contributed by atoms with Crippen LogP contribution in [0.5, 0.6) is 0 Å². The van der Waals surface area contributed by atoms with Crippen molar-refractivity contribution in [3.05, 3.63) is 18.5 Å². The Labute approximate surface area is 123 Å². The molecule has 0 aliphatic carbocycles. The summed E-state index contributed by atoms with van der Waals surface area (Å²) >= 11 is 0. The summed E-state index contributed by atoms with van der Waals surface area (Å²) in [6.45, 7) is 6.09. The van der Waals surface area contributed by atoms with Crippen LogP contribution < -0.4 is 10.2 Å². The second-order valence-corrected chi connectivity index (χ2v) is 4.44. The lowest BCUT2D eigenvalue weighted by atomic mass is 10.5. The molecule has 2 aromatic heterocycles. The number of anilines is 2. The molecule has 114 valence electrons. The molecule has 0 radical (unpaired) electrons. The number of rotatable bonds is 8. The first-order valence-electron chi connectivity index (χ1n) is 7.14. The fraction of sp³-hybridized carbons (Fsp3) is 0.538. The van der Waals surface area contributed by atoms with Gasteiger partial charge in [-0.1, -0.05) is 6.92 Å². The van der Waals surface area contributed by atoms with E-state index in [2.05, 4.69) is 32.3 Å². The molecule has 0 saturated heterocycles. The van der Waals surface area contributed by atoms with Crippen molar-refractivity contribution in [1.82, 2.24) is 24.7 Å². The smallest absolute Gasteiger partial charge is 0.257 e. The molecule has 0 aliphatic heterocycles. The van der Waals surface area contributed by atoms with E-state index in [0.29, 0.717) is 30.9 Å². The van der Waals surface area contributed by atoms with Gasteiger partial charge in [-0.25, -0.2) is 4.68 Å². The Morgan fingerprint density at radius 1 is 1.29 bits per heavy atom. The average molecular weight is 291 g/mol. The SMILES string of the molecule is CCCNc1nc(N(CC)CCO)nc(-n2cccn2)n1. The van der Waals surface area contributed by atoms with Crippen molar-refractivity contribution in [1.29, 1.82) is 0 Å². The van der Waals surface area contributed by atoms with Crippen LogP contribution >= 0.6 is 0 Å². The normalized spacial score (nSPS) is 10.6. The first-order chi connectivity index (χ1) is 10.3. The van der Waals surface area contributed by atoms with E-state index in [1.165, 1.54) is 0 Å². The van der Waals surface area contributed by atoms with E-state index in [4.69, 9.17) is 5.11 Å². The molecule has 0 spiro atoms. The molecule has 0 aliphatic rings. The zero-order valence-electron chi connectivity index (χ0n) is 12.4. The third kappa shape index (κ3) is 3.88. The molecule has 0 amide bonds. The standard InChI is InChI=1S/C13H21N7O/c1-3-6-14-11-16-12(19(4-2)9-10-21)18-13(17-11)20-8-5-7-15-20/h5,7-8,21H,3-4,6,9-10H2,1-2H3,(H,14,16,17,18). The van der Waals surface area contributed by atoms with Crippen LogP contribution in [-0.4, -0.2) is 56.1 Å². The molecule has 8 heteroatoms. The molecule has 2 aromatic rings. The monoisotopic (exact) mass is 291 g/mol. The van der Waals surface area contributed by atoms with Crippen LogP contribution in [0.2, 0.25) is 0 Å². The molecule has 2 N–H and O–H groups in total. The lowest BCUT2D eigenvalue weighted by molar-refractivity contribution is 0.301. The Balaban J connectivity index is 2.36. The van der Waals surface area contributed by atoms with Gasteiger partial charge in [0, 0.05) is 32.0 Å². The lowest BCUT2D eigenvalue weighted by Gasteiger charge is -2.20. The summed E-state index contributed by atoms with van der Waals surface area (Å²) in [6.07, 6.45) is 4.44. The predicted octanol–water partition coefficient (Wildman–Crippen LogP) is 0.698. The van der Waals surface area contributed by atoms with Gasteiger partial charge in [-0.2, -0.15) is 20.1 Å². The Morgan fingerprint density at radius 3 is 2.76 bits per heavy atom. The molecular formula is C13H21N7O. The van der Waals surface area contributed by atoms with E-state index in [1.807, 2.05) is 17.9 Å². The predicted molar refractivity (Wildman–Crippen MR) is 80.7 cm³/mol. The van der Waals surface area contributed by atoms with Gasteiger partial charge in [0.15, 0.2) is 0 Å². The van der Waals surface area contributed by atoms with Gasteiger partial charge < -0.3 is 15.3 Å². The second kappa shape index (κ2) is 7.53. The van der Waals surface area contributed by atoms with E-state index in [1.54, 1.807) is 17.1 Å². The summed E-state index contributed by atoms with van der Waals surface area (Å²) in [5.74, 6) is 1.51. The van der Waals surface area contributed by atoms with E-state index in [-0.39, 0.29) is 6.61 Å². The van der Waals surface area contributed by atoms with Crippen molar-refractivity contribution in [3.63, 3.8) is 0 Å². The van der Waals surface area contributed by atoms with Crippen molar-refractivity contribution in [2.24, 2.45) is 0 Å². The summed E-state index contributed by atoms with van der Waals surface area (Å²) in [5.41, 5.74) is 0. The van der Waals surface area contributed by atoms with Crippen molar-refractivity contribution in [2.45, 2.75) is 20.3 Å². The minimum atomic E-state index is 0.0499. The Hall–Kier alpha value is -2.22. The summed E-state index contributed by atoms with van der Waals surface area (Å²) in [5, 5.41) is 16.5. The van der Waals surface area contributed by atoms with Crippen molar-refractivity contribution < 1.29 is 5.11 Å². The number of hydrogen-bond donors (Lipinski definition) is 2. The summed E-state index contributed by atoms with van der Waals surface area (Å²) in [6, 6.07) is 1.81. The minimum absolute atomic E-state index is 0.0499. The zero-order chi connectivity index (χ0) is 15.1. The first kappa shape index (κ1) is 15.2. The highest BCUT2D eigenvalue weighted by atomic mass is 16.3. The van der Waals surface area contributed by atoms with E-state index < -0.39 is 0 Å². The second-order valence-electron chi connectivity index (χ2n) is 4.44. The highest BCUT2D eigenvalue weighted by Gasteiger charge is 2.13. The quantitative estimate of drug-likeness (QED) is 0.739. The van der Waals surface area contributed by atoms with Crippen molar-refractivity contribution in [2.75, 3.05) is 36.5 Å². The van der Waals surface area contributed by atoms with Gasteiger partial charge >= 0.3 is 0 Å². The molecule has 0 atom stereocenters. The van der Waals surface area contributed by atoms with Gasteiger partial charge in [-0.15, -0.1) is 0 Å². The van der Waals surface area contributed by atoms with Gasteiger partial charge in [0.25, 0.3) is 5.95 Å². The Kier molecular flexibility index (Phi) is 5.44. The van der Waals surface area contributed by atoms with Gasteiger partial charge in [-0.3, -0.25) is 0 Å². The number of hydrogen-bond acceptors (Lipinski definition) is 7.